The molecule has 1 aromatic rings. The summed E-state index contributed by atoms with van der Waals surface area (Å²) in [5, 5.41) is 10.3. The maximum atomic E-state index is 12.6. The summed E-state index contributed by atoms with van der Waals surface area (Å²) in [6.07, 6.45) is 5.31. The largest absolute Gasteiger partial charge is 0.507 e. The number of phenolic OH excluding ortho intramolecular Hbond substituents is 1. The van der Waals surface area contributed by atoms with Crippen molar-refractivity contribution in [2.75, 3.05) is 4.90 Å². The van der Waals surface area contributed by atoms with Crippen LogP contribution in [0.25, 0.3) is 0 Å². The lowest BCUT2D eigenvalue weighted by Gasteiger charge is -2.20. The number of benzene rings is 1. The normalized spacial score (nSPS) is 18.0. The van der Waals surface area contributed by atoms with Gasteiger partial charge < -0.3 is 5.11 Å². The Hall–Kier alpha value is -2.36. The van der Waals surface area contributed by atoms with E-state index >= 15 is 0 Å². The number of carbonyl (C=O) groups excluding carboxylic acids is 2. The first-order chi connectivity index (χ1) is 10.6. The Balaban J connectivity index is 2.09. The number of anilines is 1. The number of nitrogens with zero attached hydrogens (tertiary/aromatic N) is 1. The van der Waals surface area contributed by atoms with Crippen LogP contribution in [-0.2, 0) is 16.0 Å². The summed E-state index contributed by atoms with van der Waals surface area (Å²) in [4.78, 5) is 26.5. The lowest BCUT2D eigenvalue weighted by atomic mass is 9.93. The van der Waals surface area contributed by atoms with Crippen LogP contribution in [0.5, 0.6) is 5.75 Å². The minimum absolute atomic E-state index is 0.128. The maximum Gasteiger partial charge on any atom is 0.261 e. The summed E-state index contributed by atoms with van der Waals surface area (Å²) in [7, 11) is 0. The van der Waals surface area contributed by atoms with E-state index in [0.29, 0.717) is 41.7 Å². The Morgan fingerprint density at radius 1 is 1.18 bits per heavy atom. The predicted octanol–water partition coefficient (Wildman–Crippen LogP) is 3.17. The monoisotopic (exact) mass is 297 g/mol. The first-order valence-electron chi connectivity index (χ1n) is 7.59. The van der Waals surface area contributed by atoms with Crippen molar-refractivity contribution in [3.05, 3.63) is 47.1 Å². The molecule has 0 radical (unpaired) electrons. The summed E-state index contributed by atoms with van der Waals surface area (Å²) in [5.41, 5.74) is 3.09. The number of amides is 2. The van der Waals surface area contributed by atoms with E-state index in [4.69, 9.17) is 0 Å². The van der Waals surface area contributed by atoms with E-state index in [2.05, 4.69) is 6.58 Å². The zero-order valence-corrected chi connectivity index (χ0v) is 12.7. The van der Waals surface area contributed by atoms with E-state index in [1.807, 2.05) is 0 Å². The molecule has 0 aromatic heterocycles. The average Bonchev–Trinajstić information content (AvgIpc) is 2.77. The number of aryl methyl sites for hydroxylation is 1. The van der Waals surface area contributed by atoms with Gasteiger partial charge in [0.15, 0.2) is 0 Å². The Labute approximate surface area is 129 Å². The molecule has 114 valence electrons. The summed E-state index contributed by atoms with van der Waals surface area (Å²) in [6, 6.07) is 3.47. The molecular formula is C18H19NO3. The molecule has 0 fully saturated rings. The van der Waals surface area contributed by atoms with E-state index in [1.165, 1.54) is 4.90 Å². The maximum absolute atomic E-state index is 12.6. The van der Waals surface area contributed by atoms with Gasteiger partial charge in [-0.25, -0.2) is 4.90 Å². The lowest BCUT2D eigenvalue weighted by Crippen LogP contribution is -2.32. The highest BCUT2D eigenvalue weighted by Gasteiger charge is 2.40. The van der Waals surface area contributed by atoms with Crippen LogP contribution in [-0.4, -0.2) is 16.9 Å². The summed E-state index contributed by atoms with van der Waals surface area (Å²) in [5.74, 6) is -0.329. The van der Waals surface area contributed by atoms with Gasteiger partial charge in [-0.15, -0.1) is 6.58 Å². The lowest BCUT2D eigenvalue weighted by molar-refractivity contribution is -0.120. The topological polar surface area (TPSA) is 57.6 Å². The Kier molecular flexibility index (Phi) is 3.61. The number of carbonyl (C=O) groups is 2. The summed E-state index contributed by atoms with van der Waals surface area (Å²) < 4.78 is 0. The molecule has 0 saturated heterocycles. The van der Waals surface area contributed by atoms with Gasteiger partial charge >= 0.3 is 0 Å². The predicted molar refractivity (Wildman–Crippen MR) is 84.7 cm³/mol. The summed E-state index contributed by atoms with van der Waals surface area (Å²) in [6.45, 7) is 5.49. The molecule has 22 heavy (non-hydrogen) atoms. The molecule has 1 N–H and O–H groups in total. The minimum atomic E-state index is -0.228. The third-order valence-corrected chi connectivity index (χ3v) is 4.44. The van der Waals surface area contributed by atoms with Gasteiger partial charge in [0.05, 0.1) is 5.69 Å². The third-order valence-electron chi connectivity index (χ3n) is 4.44. The number of hydrogen-bond acceptors (Lipinski definition) is 3. The molecule has 2 aliphatic rings. The van der Waals surface area contributed by atoms with Crippen molar-refractivity contribution in [3.63, 3.8) is 0 Å². The van der Waals surface area contributed by atoms with Crippen molar-refractivity contribution in [3.8, 4) is 5.75 Å². The van der Waals surface area contributed by atoms with Crippen LogP contribution in [0, 0.1) is 6.92 Å². The van der Waals surface area contributed by atoms with Crippen LogP contribution >= 0.6 is 0 Å². The minimum Gasteiger partial charge on any atom is -0.507 e. The Morgan fingerprint density at radius 2 is 1.77 bits per heavy atom. The SMILES string of the molecule is C=CCc1c(N2C(=O)C3=C(CCCC3)C2=O)ccc(C)c1O. The highest BCUT2D eigenvalue weighted by atomic mass is 16.3. The van der Waals surface area contributed by atoms with Crippen LogP contribution in [0.1, 0.15) is 36.8 Å². The zero-order chi connectivity index (χ0) is 15.9. The number of rotatable bonds is 3. The molecule has 0 unspecified atom stereocenters. The zero-order valence-electron chi connectivity index (χ0n) is 12.7. The number of aromatic hydroxyl groups is 1. The van der Waals surface area contributed by atoms with Crippen molar-refractivity contribution in [1.82, 2.24) is 0 Å². The molecule has 0 spiro atoms. The number of hydrogen-bond donors (Lipinski definition) is 1. The highest BCUT2D eigenvalue weighted by molar-refractivity contribution is 6.33. The van der Waals surface area contributed by atoms with Gasteiger partial charge in [-0.2, -0.15) is 0 Å². The van der Waals surface area contributed by atoms with Crippen molar-refractivity contribution in [2.24, 2.45) is 0 Å². The van der Waals surface area contributed by atoms with E-state index in [-0.39, 0.29) is 17.6 Å². The van der Waals surface area contributed by atoms with Crippen molar-refractivity contribution in [2.45, 2.75) is 39.0 Å². The second-order valence-corrected chi connectivity index (χ2v) is 5.83. The van der Waals surface area contributed by atoms with E-state index in [9.17, 15) is 14.7 Å². The molecule has 4 nitrogen and oxygen atoms in total. The number of imide groups is 1. The van der Waals surface area contributed by atoms with Gasteiger partial charge in [0.1, 0.15) is 5.75 Å². The van der Waals surface area contributed by atoms with Crippen LogP contribution in [0.4, 0.5) is 5.69 Å². The molecule has 0 saturated carbocycles. The van der Waals surface area contributed by atoms with Gasteiger partial charge in [0.2, 0.25) is 0 Å². The van der Waals surface area contributed by atoms with E-state index < -0.39 is 0 Å². The number of allylic oxidation sites excluding steroid dienone is 1. The fourth-order valence-corrected chi connectivity index (χ4v) is 3.26. The molecule has 2 amide bonds. The fraction of sp³-hybridized carbons (Fsp3) is 0.333. The van der Waals surface area contributed by atoms with Crippen LogP contribution < -0.4 is 4.90 Å². The smallest absolute Gasteiger partial charge is 0.261 e. The van der Waals surface area contributed by atoms with Gasteiger partial charge in [0.25, 0.3) is 11.8 Å². The molecule has 0 bridgehead atoms. The molecule has 1 aliphatic heterocycles. The average molecular weight is 297 g/mol. The van der Waals surface area contributed by atoms with Crippen LogP contribution in [0.3, 0.4) is 0 Å². The fourth-order valence-electron chi connectivity index (χ4n) is 3.26. The van der Waals surface area contributed by atoms with Crippen molar-refractivity contribution < 1.29 is 14.7 Å². The molecular weight excluding hydrogens is 278 g/mol. The third kappa shape index (κ3) is 2.06. The van der Waals surface area contributed by atoms with Crippen molar-refractivity contribution >= 4 is 17.5 Å². The first-order valence-corrected chi connectivity index (χ1v) is 7.59. The van der Waals surface area contributed by atoms with Gasteiger partial charge in [-0.1, -0.05) is 12.1 Å². The summed E-state index contributed by atoms with van der Waals surface area (Å²) >= 11 is 0. The van der Waals surface area contributed by atoms with Gasteiger partial charge in [-0.3, -0.25) is 9.59 Å². The van der Waals surface area contributed by atoms with E-state index in [1.54, 1.807) is 25.1 Å². The second kappa shape index (κ2) is 5.44. The van der Waals surface area contributed by atoms with Crippen LogP contribution in [0.2, 0.25) is 0 Å². The molecule has 0 atom stereocenters. The molecule has 1 aliphatic carbocycles. The van der Waals surface area contributed by atoms with Crippen molar-refractivity contribution in [1.29, 1.82) is 0 Å². The number of phenols is 1. The second-order valence-electron chi connectivity index (χ2n) is 5.83. The molecule has 4 heteroatoms. The van der Waals surface area contributed by atoms with Crippen LogP contribution in [0.15, 0.2) is 35.9 Å². The van der Waals surface area contributed by atoms with Gasteiger partial charge in [-0.05, 0) is 50.7 Å². The quantitative estimate of drug-likeness (QED) is 0.688. The Bertz CT molecular complexity index is 687. The van der Waals surface area contributed by atoms with E-state index in [0.717, 1.165) is 18.4 Å². The highest BCUT2D eigenvalue weighted by Crippen LogP contribution is 2.39. The molecule has 1 aromatic carbocycles. The molecule has 1 heterocycles. The standard InChI is InChI=1S/C18H19NO3/c1-3-6-14-15(10-9-11(2)16(14)20)19-17(21)12-7-4-5-8-13(12)18(19)22/h3,9-10,20H,1,4-8H2,2H3. The molecule has 3 rings (SSSR count). The Morgan fingerprint density at radius 3 is 2.32 bits per heavy atom. The first kappa shape index (κ1) is 14.6. The van der Waals surface area contributed by atoms with Gasteiger partial charge in [0, 0.05) is 16.7 Å².